The Labute approximate surface area is 135 Å². The molecule has 1 aliphatic heterocycles. The van der Waals surface area contributed by atoms with E-state index in [2.05, 4.69) is 20.4 Å². The lowest BCUT2D eigenvalue weighted by Crippen LogP contribution is -2.49. The molecule has 0 saturated carbocycles. The number of hydrogen-bond donors (Lipinski definition) is 2. The van der Waals surface area contributed by atoms with Crippen LogP contribution in [-0.4, -0.2) is 65.1 Å². The van der Waals surface area contributed by atoms with Crippen LogP contribution in [0.3, 0.4) is 0 Å². The molecule has 0 amide bonds. The Bertz CT molecular complexity index is 609. The van der Waals surface area contributed by atoms with Gasteiger partial charge in [-0.15, -0.1) is 0 Å². The smallest absolute Gasteiger partial charge is 0.263 e. The van der Waals surface area contributed by atoms with E-state index in [0.29, 0.717) is 24.9 Å². The summed E-state index contributed by atoms with van der Waals surface area (Å²) in [6.07, 6.45) is 0. The van der Waals surface area contributed by atoms with Crippen molar-refractivity contribution >= 4 is 5.95 Å². The first-order valence-corrected chi connectivity index (χ1v) is 7.78. The zero-order valence-corrected chi connectivity index (χ0v) is 13.2. The monoisotopic (exact) mass is 318 g/mol. The first-order valence-electron chi connectivity index (χ1n) is 7.78. The number of rotatable bonds is 6. The van der Waals surface area contributed by atoms with Gasteiger partial charge in [0.1, 0.15) is 0 Å². The molecule has 1 fully saturated rings. The van der Waals surface area contributed by atoms with Crippen molar-refractivity contribution in [1.29, 1.82) is 0 Å². The Morgan fingerprint density at radius 2 is 2.00 bits per heavy atom. The van der Waals surface area contributed by atoms with E-state index in [1.165, 1.54) is 0 Å². The summed E-state index contributed by atoms with van der Waals surface area (Å²) in [5.74, 6) is 0.840. The highest BCUT2D eigenvalue weighted by molar-refractivity contribution is 5.53. The van der Waals surface area contributed by atoms with Crippen molar-refractivity contribution in [3.8, 4) is 11.5 Å². The van der Waals surface area contributed by atoms with Crippen LogP contribution >= 0.6 is 0 Å². The van der Waals surface area contributed by atoms with Gasteiger partial charge in [-0.1, -0.05) is 18.2 Å². The van der Waals surface area contributed by atoms with Crippen LogP contribution in [0.25, 0.3) is 11.5 Å². The Hall–Kier alpha value is -1.96. The van der Waals surface area contributed by atoms with Gasteiger partial charge in [0.15, 0.2) is 0 Å². The van der Waals surface area contributed by atoms with Gasteiger partial charge in [-0.25, -0.2) is 0 Å². The van der Waals surface area contributed by atoms with Crippen molar-refractivity contribution in [3.63, 3.8) is 0 Å². The Balaban J connectivity index is 1.54. The number of morpholine rings is 1. The Morgan fingerprint density at radius 1 is 1.26 bits per heavy atom. The van der Waals surface area contributed by atoms with Crippen LogP contribution in [0.2, 0.25) is 0 Å². The second-order valence-corrected chi connectivity index (χ2v) is 6.03. The van der Waals surface area contributed by atoms with Gasteiger partial charge in [0.05, 0.1) is 18.8 Å². The van der Waals surface area contributed by atoms with Gasteiger partial charge in [-0.3, -0.25) is 4.90 Å². The Morgan fingerprint density at radius 3 is 2.74 bits per heavy atom. The standard InChI is InChI=1S/C16H22N4O3/c1-16(21,12-20-7-9-22-10-8-20)11-17-15-18-14(23-19-15)13-5-3-2-4-6-13/h2-6,21H,7-12H2,1H3,(H,17,19). The third-order valence-corrected chi connectivity index (χ3v) is 3.74. The minimum atomic E-state index is -0.884. The van der Waals surface area contributed by atoms with E-state index in [9.17, 15) is 5.11 Å². The Kier molecular flexibility index (Phi) is 4.90. The summed E-state index contributed by atoms with van der Waals surface area (Å²) in [4.78, 5) is 6.49. The lowest BCUT2D eigenvalue weighted by molar-refractivity contribution is -0.0164. The molecule has 7 nitrogen and oxygen atoms in total. The number of nitrogens with one attached hydrogen (secondary N) is 1. The molecule has 0 bridgehead atoms. The number of hydrogen-bond acceptors (Lipinski definition) is 7. The molecule has 1 aromatic carbocycles. The average molecular weight is 318 g/mol. The normalized spacial score (nSPS) is 18.5. The second kappa shape index (κ2) is 7.08. The van der Waals surface area contributed by atoms with E-state index in [1.807, 2.05) is 30.3 Å². The van der Waals surface area contributed by atoms with Crippen molar-refractivity contribution in [2.24, 2.45) is 0 Å². The van der Waals surface area contributed by atoms with Crippen LogP contribution in [0.4, 0.5) is 5.95 Å². The maximum Gasteiger partial charge on any atom is 0.263 e. The van der Waals surface area contributed by atoms with Gasteiger partial charge in [-0.05, 0) is 24.2 Å². The molecule has 1 aromatic heterocycles. The molecular formula is C16H22N4O3. The quantitative estimate of drug-likeness (QED) is 0.829. The van der Waals surface area contributed by atoms with Crippen LogP contribution < -0.4 is 5.32 Å². The van der Waals surface area contributed by atoms with E-state index in [4.69, 9.17) is 9.26 Å². The summed E-state index contributed by atoms with van der Waals surface area (Å²) in [6.45, 7) is 5.84. The zero-order valence-electron chi connectivity index (χ0n) is 13.2. The van der Waals surface area contributed by atoms with Gasteiger partial charge < -0.3 is 19.7 Å². The van der Waals surface area contributed by atoms with E-state index in [1.54, 1.807) is 6.92 Å². The number of nitrogens with zero attached hydrogens (tertiary/aromatic N) is 3. The lowest BCUT2D eigenvalue weighted by atomic mass is 10.1. The summed E-state index contributed by atoms with van der Waals surface area (Å²) in [5, 5.41) is 17.5. The first-order chi connectivity index (χ1) is 11.1. The molecule has 0 spiro atoms. The van der Waals surface area contributed by atoms with Gasteiger partial charge in [0.25, 0.3) is 11.8 Å². The minimum Gasteiger partial charge on any atom is -0.387 e. The summed E-state index contributed by atoms with van der Waals surface area (Å²) in [5.41, 5.74) is -0.0154. The first kappa shape index (κ1) is 15.9. The highest BCUT2D eigenvalue weighted by Crippen LogP contribution is 2.18. The third-order valence-electron chi connectivity index (χ3n) is 3.74. The molecule has 0 aliphatic carbocycles. The SMILES string of the molecule is CC(O)(CNc1noc(-c2ccccc2)n1)CN1CCOCC1. The largest absolute Gasteiger partial charge is 0.387 e. The number of aliphatic hydroxyl groups is 1. The van der Waals surface area contributed by atoms with Crippen molar-refractivity contribution in [2.45, 2.75) is 12.5 Å². The number of ether oxygens (including phenoxy) is 1. The van der Waals surface area contributed by atoms with E-state index in [0.717, 1.165) is 31.9 Å². The fraction of sp³-hybridized carbons (Fsp3) is 0.500. The number of aromatic nitrogens is 2. The van der Waals surface area contributed by atoms with Gasteiger partial charge in [0, 0.05) is 31.7 Å². The molecule has 2 heterocycles. The number of benzene rings is 1. The van der Waals surface area contributed by atoms with Crippen molar-refractivity contribution in [1.82, 2.24) is 15.0 Å². The molecule has 7 heteroatoms. The molecular weight excluding hydrogens is 296 g/mol. The molecule has 0 radical (unpaired) electrons. The second-order valence-electron chi connectivity index (χ2n) is 6.03. The molecule has 23 heavy (non-hydrogen) atoms. The van der Waals surface area contributed by atoms with Crippen molar-refractivity contribution in [3.05, 3.63) is 30.3 Å². The van der Waals surface area contributed by atoms with Gasteiger partial charge in [-0.2, -0.15) is 4.98 Å². The molecule has 1 atom stereocenters. The topological polar surface area (TPSA) is 83.7 Å². The van der Waals surface area contributed by atoms with Crippen LogP contribution in [0.5, 0.6) is 0 Å². The highest BCUT2D eigenvalue weighted by atomic mass is 16.5. The molecule has 1 saturated heterocycles. The maximum atomic E-state index is 10.5. The predicted molar refractivity (Wildman–Crippen MR) is 86.1 cm³/mol. The number of β-amino-alcohol motifs (C(OH)–C–C–N with tert-alkyl or cyclic N) is 1. The number of anilines is 1. The third kappa shape index (κ3) is 4.51. The van der Waals surface area contributed by atoms with Gasteiger partial charge >= 0.3 is 0 Å². The van der Waals surface area contributed by atoms with Crippen molar-refractivity contribution < 1.29 is 14.4 Å². The predicted octanol–water partition coefficient (Wildman–Crippen LogP) is 1.23. The average Bonchev–Trinajstić information content (AvgIpc) is 3.04. The molecule has 1 unspecified atom stereocenters. The highest BCUT2D eigenvalue weighted by Gasteiger charge is 2.25. The molecule has 124 valence electrons. The van der Waals surface area contributed by atoms with Crippen LogP contribution in [0.15, 0.2) is 34.9 Å². The zero-order chi connectivity index (χ0) is 16.1. The van der Waals surface area contributed by atoms with Crippen LogP contribution in [-0.2, 0) is 4.74 Å². The summed E-state index contributed by atoms with van der Waals surface area (Å²) in [7, 11) is 0. The fourth-order valence-corrected chi connectivity index (χ4v) is 2.56. The minimum absolute atomic E-state index is 0.345. The van der Waals surface area contributed by atoms with E-state index < -0.39 is 5.60 Å². The summed E-state index contributed by atoms with van der Waals surface area (Å²) in [6, 6.07) is 9.58. The van der Waals surface area contributed by atoms with Crippen molar-refractivity contribution in [2.75, 3.05) is 44.7 Å². The fourth-order valence-electron chi connectivity index (χ4n) is 2.56. The molecule has 1 aliphatic rings. The molecule has 2 aromatic rings. The molecule has 3 rings (SSSR count). The van der Waals surface area contributed by atoms with E-state index in [-0.39, 0.29) is 0 Å². The maximum absolute atomic E-state index is 10.5. The van der Waals surface area contributed by atoms with Crippen LogP contribution in [0.1, 0.15) is 6.92 Å². The van der Waals surface area contributed by atoms with Crippen LogP contribution in [0, 0.1) is 0 Å². The van der Waals surface area contributed by atoms with Gasteiger partial charge in [0.2, 0.25) is 0 Å². The van der Waals surface area contributed by atoms with E-state index >= 15 is 0 Å². The summed E-state index contributed by atoms with van der Waals surface area (Å²) >= 11 is 0. The molecule has 2 N–H and O–H groups in total. The lowest BCUT2D eigenvalue weighted by Gasteiger charge is -2.33. The summed E-state index contributed by atoms with van der Waals surface area (Å²) < 4.78 is 10.6.